The minimum absolute atomic E-state index is 0. The maximum Gasteiger partial charge on any atom is 0.258 e. The van der Waals surface area contributed by atoms with Crippen LogP contribution in [0, 0.1) is 6.57 Å². The summed E-state index contributed by atoms with van der Waals surface area (Å²) < 4.78 is 1.59. The lowest BCUT2D eigenvalue weighted by atomic mass is 10.0. The van der Waals surface area contributed by atoms with Crippen molar-refractivity contribution in [2.45, 2.75) is 31.3 Å². The first kappa shape index (κ1) is 20.8. The predicted octanol–water partition coefficient (Wildman–Crippen LogP) is 3.83. The van der Waals surface area contributed by atoms with E-state index in [0.29, 0.717) is 22.2 Å². The molecule has 1 N–H and O–H groups in total. The van der Waals surface area contributed by atoms with E-state index in [2.05, 4.69) is 25.2 Å². The smallest absolute Gasteiger partial charge is 0.258 e. The van der Waals surface area contributed by atoms with Crippen molar-refractivity contribution in [3.63, 3.8) is 0 Å². The maximum atomic E-state index is 12.8. The van der Waals surface area contributed by atoms with Gasteiger partial charge in [0.2, 0.25) is 0 Å². The number of hydrogen-bond donors (Lipinski definition) is 1. The summed E-state index contributed by atoms with van der Waals surface area (Å²) in [5.41, 5.74) is 0.697. The van der Waals surface area contributed by atoms with Gasteiger partial charge in [0.1, 0.15) is 6.33 Å². The van der Waals surface area contributed by atoms with Crippen LogP contribution >= 0.6 is 25.1 Å². The number of aromatic nitrogens is 4. The van der Waals surface area contributed by atoms with E-state index in [9.17, 15) is 4.79 Å². The van der Waals surface area contributed by atoms with Crippen LogP contribution in [-0.2, 0) is 5.54 Å². The molecule has 1 saturated carbocycles. The van der Waals surface area contributed by atoms with Crippen LogP contribution in [0.25, 0.3) is 10.7 Å². The van der Waals surface area contributed by atoms with Gasteiger partial charge in [0.25, 0.3) is 11.4 Å². The van der Waals surface area contributed by atoms with Gasteiger partial charge in [-0.3, -0.25) is 4.79 Å². The van der Waals surface area contributed by atoms with E-state index < -0.39 is 11.6 Å². The first-order chi connectivity index (χ1) is 13.5. The van der Waals surface area contributed by atoms with E-state index in [-0.39, 0.29) is 19.4 Å². The molecule has 1 atom stereocenters. The molecule has 148 valence electrons. The van der Waals surface area contributed by atoms with Crippen molar-refractivity contribution in [2.24, 2.45) is 0 Å². The number of hydrogen-bond acceptors (Lipinski definition) is 4. The molecule has 9 heteroatoms. The quantitative estimate of drug-likeness (QED) is 0.629. The van der Waals surface area contributed by atoms with Crippen molar-refractivity contribution < 1.29 is 4.79 Å². The Morgan fingerprint density at radius 3 is 2.76 bits per heavy atom. The molecule has 1 aromatic carbocycles. The van der Waals surface area contributed by atoms with E-state index in [1.54, 1.807) is 29.1 Å². The van der Waals surface area contributed by atoms with E-state index in [1.165, 1.54) is 6.33 Å². The van der Waals surface area contributed by atoms with Gasteiger partial charge in [-0.2, -0.15) is 23.3 Å². The first-order valence-electron chi connectivity index (χ1n) is 8.84. The minimum atomic E-state index is -0.523. The number of pyridine rings is 1. The third kappa shape index (κ3) is 4.11. The zero-order chi connectivity index (χ0) is 19.7. The molecule has 4 rings (SSSR count). The molecule has 2 heterocycles. The Morgan fingerprint density at radius 1 is 1.31 bits per heavy atom. The van der Waals surface area contributed by atoms with Crippen LogP contribution in [0.1, 0.15) is 47.6 Å². The summed E-state index contributed by atoms with van der Waals surface area (Å²) >= 11 is 6.21. The summed E-state index contributed by atoms with van der Waals surface area (Å²) in [5, 5.41) is 7.58. The lowest BCUT2D eigenvalue weighted by Crippen LogP contribution is -2.29. The highest BCUT2D eigenvalue weighted by Crippen LogP contribution is 2.50. The Kier molecular flexibility index (Phi) is 5.91. The van der Waals surface area contributed by atoms with Crippen LogP contribution in [0.2, 0.25) is 5.02 Å². The monoisotopic (exact) mass is 426 g/mol. The van der Waals surface area contributed by atoms with Gasteiger partial charge in [-0.1, -0.05) is 17.7 Å². The summed E-state index contributed by atoms with van der Waals surface area (Å²) in [6.07, 6.45) is 4.68. The van der Waals surface area contributed by atoms with Gasteiger partial charge in [-0.15, -0.1) is 0 Å². The topological polar surface area (TPSA) is 77.1 Å². The molecule has 0 bridgehead atoms. The van der Waals surface area contributed by atoms with Crippen molar-refractivity contribution in [3.05, 3.63) is 82.3 Å². The lowest BCUT2D eigenvalue weighted by molar-refractivity contribution is 0.0937. The van der Waals surface area contributed by atoms with E-state index in [4.69, 9.17) is 18.2 Å². The number of rotatable bonds is 5. The number of amides is 1. The molecule has 29 heavy (non-hydrogen) atoms. The molecule has 2 aromatic heterocycles. The van der Waals surface area contributed by atoms with Crippen LogP contribution in [0.4, 0.5) is 0 Å². The fourth-order valence-corrected chi connectivity index (χ4v) is 3.35. The maximum absolute atomic E-state index is 12.8. The average molecular weight is 427 g/mol. The Morgan fingerprint density at radius 2 is 2.10 bits per heavy atom. The van der Waals surface area contributed by atoms with Crippen LogP contribution in [0.3, 0.4) is 0 Å². The molecule has 0 unspecified atom stereocenters. The number of benzene rings is 1. The molecule has 0 radical (unpaired) electrons. The van der Waals surface area contributed by atoms with E-state index in [1.807, 2.05) is 25.1 Å². The van der Waals surface area contributed by atoms with E-state index >= 15 is 0 Å². The standard InChI is InChI=1S/C20H17ClN6O.H2S/c1-13(18-24-12-25-27(18)17-5-3-4-8-23-17)26-19(28)14-9-15(11-16(21)10-14)20(22-2)6-7-20;/h3-5,8-13H,6-7H2,1H3,(H,26,28);1H2/t13-;/m1./s1. The number of halogens is 1. The Balaban J connectivity index is 0.00000240. The lowest BCUT2D eigenvalue weighted by Gasteiger charge is -2.15. The summed E-state index contributed by atoms with van der Waals surface area (Å²) in [6, 6.07) is 10.2. The van der Waals surface area contributed by atoms with Crippen molar-refractivity contribution in [2.75, 3.05) is 0 Å². The molecule has 1 fully saturated rings. The van der Waals surface area contributed by atoms with Gasteiger partial charge in [0.05, 0.1) is 6.04 Å². The average Bonchev–Trinajstić information content (AvgIpc) is 3.36. The highest BCUT2D eigenvalue weighted by molar-refractivity contribution is 7.59. The summed E-state index contributed by atoms with van der Waals surface area (Å²) in [6.45, 7) is 9.25. The van der Waals surface area contributed by atoms with Crippen molar-refractivity contribution in [3.8, 4) is 5.82 Å². The second-order valence-electron chi connectivity index (χ2n) is 6.79. The molecular formula is C20H19ClN6OS. The Bertz CT molecular complexity index is 1070. The largest absolute Gasteiger partial charge is 0.342 e. The van der Waals surface area contributed by atoms with Gasteiger partial charge in [-0.05, 0) is 37.3 Å². The number of carbonyl (C=O) groups excluding carboxylic acids is 1. The van der Waals surface area contributed by atoms with Gasteiger partial charge < -0.3 is 10.2 Å². The van der Waals surface area contributed by atoms with Crippen LogP contribution in [0.15, 0.2) is 48.9 Å². The number of nitrogens with zero attached hydrogens (tertiary/aromatic N) is 5. The minimum Gasteiger partial charge on any atom is -0.342 e. The fourth-order valence-electron chi connectivity index (χ4n) is 3.12. The molecule has 7 nitrogen and oxygen atoms in total. The summed E-state index contributed by atoms with van der Waals surface area (Å²) in [4.78, 5) is 25.1. The summed E-state index contributed by atoms with van der Waals surface area (Å²) in [5.74, 6) is 0.899. The number of nitrogens with one attached hydrogen (secondary N) is 1. The van der Waals surface area contributed by atoms with Crippen molar-refractivity contribution >= 4 is 31.0 Å². The van der Waals surface area contributed by atoms with E-state index in [0.717, 1.165) is 18.4 Å². The Hall–Kier alpha value is -2.89. The SMILES string of the molecule is S.[C-]#[N+]C1(c2cc(Cl)cc(C(=O)N[C@H](C)c3ncnn3-c3ccccn3)c2)CC1. The van der Waals surface area contributed by atoms with Crippen molar-refractivity contribution in [1.82, 2.24) is 25.1 Å². The van der Waals surface area contributed by atoms with Gasteiger partial charge in [0.15, 0.2) is 11.6 Å². The third-order valence-corrected chi connectivity index (χ3v) is 5.03. The fraction of sp³-hybridized carbons (Fsp3) is 0.250. The third-order valence-electron chi connectivity index (χ3n) is 4.81. The molecule has 1 aliphatic rings. The molecule has 0 aliphatic heterocycles. The molecule has 1 aliphatic carbocycles. The predicted molar refractivity (Wildman–Crippen MR) is 114 cm³/mol. The van der Waals surface area contributed by atoms with Crippen molar-refractivity contribution in [1.29, 1.82) is 0 Å². The first-order valence-corrected chi connectivity index (χ1v) is 9.22. The van der Waals surface area contributed by atoms with Gasteiger partial charge in [-0.25, -0.2) is 16.5 Å². The molecule has 1 amide bonds. The molecule has 0 saturated heterocycles. The highest BCUT2D eigenvalue weighted by atomic mass is 35.5. The second kappa shape index (κ2) is 8.23. The highest BCUT2D eigenvalue weighted by Gasteiger charge is 2.52. The normalized spacial score (nSPS) is 14.9. The zero-order valence-electron chi connectivity index (χ0n) is 15.6. The van der Waals surface area contributed by atoms with Gasteiger partial charge in [0, 0.05) is 35.2 Å². The Labute approximate surface area is 180 Å². The summed E-state index contributed by atoms with van der Waals surface area (Å²) in [7, 11) is 0. The second-order valence-corrected chi connectivity index (χ2v) is 7.22. The van der Waals surface area contributed by atoms with Crippen LogP contribution < -0.4 is 5.32 Å². The van der Waals surface area contributed by atoms with Crippen LogP contribution in [0.5, 0.6) is 0 Å². The van der Waals surface area contributed by atoms with Crippen LogP contribution in [-0.4, -0.2) is 25.7 Å². The van der Waals surface area contributed by atoms with Gasteiger partial charge >= 0.3 is 0 Å². The zero-order valence-corrected chi connectivity index (χ0v) is 17.4. The number of carbonyl (C=O) groups is 1. The molecular weight excluding hydrogens is 408 g/mol. The molecule has 3 aromatic rings. The molecule has 0 spiro atoms.